The molecule has 2 rings (SSSR count). The van der Waals surface area contributed by atoms with Crippen LogP contribution >= 0.6 is 0 Å². The Balaban J connectivity index is 0.00000242. The van der Waals surface area contributed by atoms with Crippen LogP contribution < -0.4 is 38.5 Å². The van der Waals surface area contributed by atoms with E-state index in [0.717, 1.165) is 6.54 Å². The number of pyridine rings is 1. The fourth-order valence-corrected chi connectivity index (χ4v) is 3.35. The first kappa shape index (κ1) is 22.6. The van der Waals surface area contributed by atoms with Crippen molar-refractivity contribution in [3.8, 4) is 0 Å². The van der Waals surface area contributed by atoms with Gasteiger partial charge in [-0.1, -0.05) is 12.1 Å². The Kier molecular flexibility index (Phi) is 10.2. The number of fused-ring (bicyclic) bond motifs is 1. The lowest BCUT2D eigenvalue weighted by Gasteiger charge is -2.35. The van der Waals surface area contributed by atoms with Gasteiger partial charge >= 0.3 is 0 Å². The number of benzene rings is 1. The summed E-state index contributed by atoms with van der Waals surface area (Å²) in [5, 5.41) is 1.38. The Morgan fingerprint density at radius 3 is 2.13 bits per heavy atom. The highest BCUT2D eigenvalue weighted by molar-refractivity contribution is 5.78. The van der Waals surface area contributed by atoms with Crippen molar-refractivity contribution in [3.63, 3.8) is 0 Å². The molecule has 0 spiro atoms. The molecule has 0 unspecified atom stereocenters. The fraction of sp³-hybridized carbons (Fsp3) is 0.526. The van der Waals surface area contributed by atoms with Gasteiger partial charge in [-0.25, -0.2) is 0 Å². The monoisotopic (exact) mass is 444 g/mol. The van der Waals surface area contributed by atoms with Gasteiger partial charge in [-0.05, 0) is 39.3 Å². The predicted molar refractivity (Wildman–Crippen MR) is 90.2 cm³/mol. The SMILES string of the molecule is CC[N+](CC)(CC)CCC[n+]1ccc(C)c2ccccc21.[Br-].[Br-]. The van der Waals surface area contributed by atoms with Crippen molar-refractivity contribution in [2.45, 2.75) is 40.7 Å². The van der Waals surface area contributed by atoms with Crippen molar-refractivity contribution in [1.82, 2.24) is 0 Å². The molecule has 0 amide bonds. The van der Waals surface area contributed by atoms with Crippen LogP contribution in [0.3, 0.4) is 0 Å². The molecule has 0 N–H and O–H groups in total. The average Bonchev–Trinajstić information content (AvgIpc) is 2.54. The molecule has 0 fully saturated rings. The highest BCUT2D eigenvalue weighted by atomic mass is 79.9. The number of para-hydroxylation sites is 1. The Bertz CT molecular complexity index is 587. The first-order valence-electron chi connectivity index (χ1n) is 8.38. The van der Waals surface area contributed by atoms with E-state index in [1.807, 2.05) is 0 Å². The van der Waals surface area contributed by atoms with Gasteiger partial charge in [0.15, 0.2) is 12.7 Å². The Hall–Kier alpha value is -0.450. The molecule has 0 bridgehead atoms. The molecule has 0 aliphatic heterocycles. The first-order chi connectivity index (χ1) is 10.2. The average molecular weight is 446 g/mol. The van der Waals surface area contributed by atoms with E-state index in [9.17, 15) is 0 Å². The summed E-state index contributed by atoms with van der Waals surface area (Å²) in [6.07, 6.45) is 3.49. The highest BCUT2D eigenvalue weighted by Crippen LogP contribution is 2.14. The molecule has 4 heteroatoms. The molecule has 2 aromatic rings. The number of rotatable bonds is 7. The molecule has 1 heterocycles. The van der Waals surface area contributed by atoms with Gasteiger partial charge < -0.3 is 38.4 Å². The van der Waals surface area contributed by atoms with Gasteiger partial charge in [0.2, 0.25) is 5.52 Å². The normalized spacial score (nSPS) is 11.0. The second kappa shape index (κ2) is 10.4. The summed E-state index contributed by atoms with van der Waals surface area (Å²) in [4.78, 5) is 0. The third-order valence-corrected chi connectivity index (χ3v) is 5.19. The summed E-state index contributed by atoms with van der Waals surface area (Å²) in [7, 11) is 0. The molecule has 1 aromatic carbocycles. The lowest BCUT2D eigenvalue weighted by molar-refractivity contribution is -0.925. The van der Waals surface area contributed by atoms with Gasteiger partial charge in [-0.2, -0.15) is 4.57 Å². The van der Waals surface area contributed by atoms with Crippen molar-refractivity contribution >= 4 is 10.9 Å². The van der Waals surface area contributed by atoms with Gasteiger partial charge in [-0.15, -0.1) is 0 Å². The molecule has 1 aromatic heterocycles. The molecule has 0 saturated carbocycles. The number of halogens is 2. The minimum absolute atomic E-state index is 0. The summed E-state index contributed by atoms with van der Waals surface area (Å²) < 4.78 is 3.66. The van der Waals surface area contributed by atoms with E-state index < -0.39 is 0 Å². The number of aromatic nitrogens is 1. The third-order valence-electron chi connectivity index (χ3n) is 5.19. The standard InChI is InChI=1S/C19H30N2.2BrH/c1-5-21(6-2,7-3)16-10-14-20-15-13-17(4)18-11-8-9-12-19(18)20;;/h8-9,11-13,15H,5-7,10,14,16H2,1-4H3;2*1H/q+2;;/p-2. The number of quaternary nitrogens is 1. The van der Waals surface area contributed by atoms with E-state index in [4.69, 9.17) is 0 Å². The smallest absolute Gasteiger partial charge is 0.212 e. The first-order valence-corrected chi connectivity index (χ1v) is 8.38. The number of nitrogens with zero attached hydrogens (tertiary/aromatic N) is 2. The number of hydrogen-bond acceptors (Lipinski definition) is 0. The summed E-state index contributed by atoms with van der Waals surface area (Å²) in [5.41, 5.74) is 2.72. The zero-order valence-corrected chi connectivity index (χ0v) is 18.0. The maximum absolute atomic E-state index is 2.41. The molecule has 0 aliphatic rings. The van der Waals surface area contributed by atoms with E-state index in [2.05, 4.69) is 68.8 Å². The third kappa shape index (κ3) is 5.27. The van der Waals surface area contributed by atoms with E-state index in [1.54, 1.807) is 0 Å². The lowest BCUT2D eigenvalue weighted by Crippen LogP contribution is -3.00. The summed E-state index contributed by atoms with van der Waals surface area (Å²) in [6.45, 7) is 15.3. The maximum Gasteiger partial charge on any atom is 0.212 e. The second-order valence-electron chi connectivity index (χ2n) is 6.08. The minimum Gasteiger partial charge on any atom is -1.00 e. The van der Waals surface area contributed by atoms with Crippen molar-refractivity contribution in [2.75, 3.05) is 26.2 Å². The number of aryl methyl sites for hydroxylation is 2. The maximum atomic E-state index is 2.41. The van der Waals surface area contributed by atoms with Crippen LogP contribution in [-0.4, -0.2) is 30.7 Å². The quantitative estimate of drug-likeness (QED) is 0.333. The molecule has 0 radical (unpaired) electrons. The van der Waals surface area contributed by atoms with Crippen molar-refractivity contribution < 1.29 is 43.0 Å². The molecule has 0 saturated heterocycles. The van der Waals surface area contributed by atoms with Gasteiger partial charge in [0, 0.05) is 17.5 Å². The van der Waals surface area contributed by atoms with Gasteiger partial charge in [0.05, 0.1) is 32.6 Å². The molecule has 0 atom stereocenters. The van der Waals surface area contributed by atoms with Crippen LogP contribution in [0.15, 0.2) is 36.5 Å². The van der Waals surface area contributed by atoms with Crippen LogP contribution in [0.4, 0.5) is 0 Å². The molecule has 0 aliphatic carbocycles. The summed E-state index contributed by atoms with van der Waals surface area (Å²) in [5.74, 6) is 0. The van der Waals surface area contributed by atoms with Crippen LogP contribution in [0.5, 0.6) is 0 Å². The van der Waals surface area contributed by atoms with Crippen molar-refractivity contribution in [3.05, 3.63) is 42.1 Å². The van der Waals surface area contributed by atoms with E-state index in [1.165, 1.54) is 53.5 Å². The minimum atomic E-state index is 0. The van der Waals surface area contributed by atoms with E-state index in [0.29, 0.717) is 0 Å². The van der Waals surface area contributed by atoms with Crippen LogP contribution in [0.1, 0.15) is 32.8 Å². The fourth-order valence-electron chi connectivity index (χ4n) is 3.35. The topological polar surface area (TPSA) is 3.88 Å². The predicted octanol–water partition coefficient (Wildman–Crippen LogP) is -2.29. The summed E-state index contributed by atoms with van der Waals surface area (Å²) in [6, 6.07) is 11.0. The van der Waals surface area contributed by atoms with Crippen LogP contribution in [0.25, 0.3) is 10.9 Å². The van der Waals surface area contributed by atoms with Crippen LogP contribution in [0, 0.1) is 6.92 Å². The number of hydrogen-bond donors (Lipinski definition) is 0. The lowest BCUT2D eigenvalue weighted by atomic mass is 10.1. The Morgan fingerprint density at radius 2 is 1.52 bits per heavy atom. The Labute approximate surface area is 162 Å². The molecule has 23 heavy (non-hydrogen) atoms. The van der Waals surface area contributed by atoms with Gasteiger partial charge in [0.25, 0.3) is 0 Å². The van der Waals surface area contributed by atoms with E-state index >= 15 is 0 Å². The van der Waals surface area contributed by atoms with Crippen molar-refractivity contribution in [2.24, 2.45) is 0 Å². The molecule has 130 valence electrons. The highest BCUT2D eigenvalue weighted by Gasteiger charge is 2.21. The summed E-state index contributed by atoms with van der Waals surface area (Å²) >= 11 is 0. The molecular formula is C19H30Br2N2. The van der Waals surface area contributed by atoms with Gasteiger partial charge in [0.1, 0.15) is 0 Å². The van der Waals surface area contributed by atoms with Crippen LogP contribution in [0.2, 0.25) is 0 Å². The molecular weight excluding hydrogens is 416 g/mol. The zero-order valence-electron chi connectivity index (χ0n) is 14.9. The largest absolute Gasteiger partial charge is 1.00 e. The van der Waals surface area contributed by atoms with Crippen molar-refractivity contribution in [1.29, 1.82) is 0 Å². The Morgan fingerprint density at radius 1 is 0.913 bits per heavy atom. The van der Waals surface area contributed by atoms with Gasteiger partial charge in [-0.3, -0.25) is 0 Å². The van der Waals surface area contributed by atoms with Crippen LogP contribution in [-0.2, 0) is 6.54 Å². The van der Waals surface area contributed by atoms with E-state index in [-0.39, 0.29) is 34.0 Å². The molecule has 2 nitrogen and oxygen atoms in total. The second-order valence-corrected chi connectivity index (χ2v) is 6.08. The zero-order chi connectivity index (χ0) is 15.3.